The molecule has 1 heterocycles. The average Bonchev–Trinajstić information content (AvgIpc) is 2.98. The van der Waals surface area contributed by atoms with Crippen LogP contribution in [0.25, 0.3) is 0 Å². The smallest absolute Gasteiger partial charge is 0.305 e. The first-order valence-corrected chi connectivity index (χ1v) is 8.78. The number of aliphatic hydroxyl groups excluding tert-OH is 1. The Labute approximate surface area is 145 Å². The number of ether oxygens (including phenoxy) is 1. The van der Waals surface area contributed by atoms with Gasteiger partial charge >= 0.3 is 5.97 Å². The molecule has 0 bridgehead atoms. The first-order valence-electron chi connectivity index (χ1n) is 7.59. The Balaban J connectivity index is 2.36. The zero-order valence-electron chi connectivity index (χ0n) is 13.5. The van der Waals surface area contributed by atoms with E-state index in [0.717, 1.165) is 24.3 Å². The van der Waals surface area contributed by atoms with Crippen LogP contribution in [0.15, 0.2) is 17.1 Å². The van der Waals surface area contributed by atoms with E-state index in [1.165, 1.54) is 18.4 Å². The Morgan fingerprint density at radius 1 is 1.43 bits per heavy atom. The van der Waals surface area contributed by atoms with E-state index in [0.29, 0.717) is 23.3 Å². The van der Waals surface area contributed by atoms with Gasteiger partial charge < -0.3 is 20.5 Å². The Kier molecular flexibility index (Phi) is 9.66. The first-order chi connectivity index (χ1) is 11.1. The van der Waals surface area contributed by atoms with Gasteiger partial charge in [0, 0.05) is 24.4 Å². The lowest BCUT2D eigenvalue weighted by Crippen LogP contribution is -2.38. The van der Waals surface area contributed by atoms with E-state index in [1.807, 2.05) is 6.92 Å². The summed E-state index contributed by atoms with van der Waals surface area (Å²) in [5, 5.41) is 16.4. The fourth-order valence-electron chi connectivity index (χ4n) is 1.82. The van der Waals surface area contributed by atoms with Crippen molar-refractivity contribution in [2.75, 3.05) is 26.7 Å². The number of nitrogens with zero attached hydrogens (tertiary/aromatic N) is 1. The number of unbranched alkanes of at least 4 members (excludes halogenated alkanes) is 1. The van der Waals surface area contributed by atoms with Crippen molar-refractivity contribution in [1.29, 1.82) is 0 Å². The van der Waals surface area contributed by atoms with Gasteiger partial charge in [-0.3, -0.25) is 9.79 Å². The summed E-state index contributed by atoms with van der Waals surface area (Å²) in [5.74, 6) is 0.454. The molecule has 0 amide bonds. The zero-order valence-corrected chi connectivity index (χ0v) is 15.0. The second-order valence-electron chi connectivity index (χ2n) is 4.84. The van der Waals surface area contributed by atoms with Crippen molar-refractivity contribution in [3.63, 3.8) is 0 Å². The van der Waals surface area contributed by atoms with Crippen molar-refractivity contribution >= 4 is 34.9 Å². The van der Waals surface area contributed by atoms with Crippen molar-refractivity contribution < 1.29 is 14.6 Å². The largest absolute Gasteiger partial charge is 0.469 e. The van der Waals surface area contributed by atoms with Crippen LogP contribution in [0.3, 0.4) is 0 Å². The fraction of sp³-hybridized carbons (Fsp3) is 0.600. The summed E-state index contributed by atoms with van der Waals surface area (Å²) in [5.41, 5.74) is 0. The van der Waals surface area contributed by atoms with Crippen LogP contribution >= 0.6 is 22.9 Å². The summed E-state index contributed by atoms with van der Waals surface area (Å²) in [4.78, 5) is 16.2. The Morgan fingerprint density at radius 2 is 2.22 bits per heavy atom. The quantitative estimate of drug-likeness (QED) is 0.272. The van der Waals surface area contributed by atoms with E-state index < -0.39 is 6.10 Å². The predicted molar refractivity (Wildman–Crippen MR) is 94.1 cm³/mol. The van der Waals surface area contributed by atoms with Crippen LogP contribution in [0.5, 0.6) is 0 Å². The number of carbonyl (C=O) groups is 1. The number of hydrogen-bond acceptors (Lipinski definition) is 5. The number of hydrogen-bond donors (Lipinski definition) is 3. The average molecular weight is 362 g/mol. The third-order valence-corrected chi connectivity index (χ3v) is 4.35. The third kappa shape index (κ3) is 8.20. The minimum absolute atomic E-state index is 0.191. The Bertz CT molecular complexity index is 508. The number of halogens is 1. The predicted octanol–water partition coefficient (Wildman–Crippen LogP) is 2.33. The molecule has 23 heavy (non-hydrogen) atoms. The fourth-order valence-corrected chi connectivity index (χ4v) is 2.86. The summed E-state index contributed by atoms with van der Waals surface area (Å²) in [6, 6.07) is 3.57. The van der Waals surface area contributed by atoms with Gasteiger partial charge in [0.2, 0.25) is 0 Å². The lowest BCUT2D eigenvalue weighted by atomic mass is 10.2. The molecule has 0 aromatic carbocycles. The number of nitrogens with one attached hydrogen (secondary N) is 2. The van der Waals surface area contributed by atoms with E-state index in [9.17, 15) is 9.90 Å². The van der Waals surface area contributed by atoms with Crippen molar-refractivity contribution in [3.8, 4) is 0 Å². The summed E-state index contributed by atoms with van der Waals surface area (Å²) in [7, 11) is 1.39. The number of methoxy groups -OCH3 is 1. The van der Waals surface area contributed by atoms with E-state index in [1.54, 1.807) is 12.1 Å². The number of aliphatic imine (C=N–C) groups is 1. The number of guanidine groups is 1. The van der Waals surface area contributed by atoms with E-state index >= 15 is 0 Å². The van der Waals surface area contributed by atoms with Crippen molar-refractivity contribution in [2.45, 2.75) is 32.3 Å². The van der Waals surface area contributed by atoms with Crippen LogP contribution in [0, 0.1) is 0 Å². The molecule has 0 aliphatic rings. The molecule has 130 valence electrons. The van der Waals surface area contributed by atoms with Gasteiger partial charge in [-0.05, 0) is 31.9 Å². The van der Waals surface area contributed by atoms with Crippen LogP contribution in [-0.2, 0) is 9.53 Å². The second-order valence-corrected chi connectivity index (χ2v) is 6.58. The van der Waals surface area contributed by atoms with Crippen molar-refractivity contribution in [2.24, 2.45) is 4.99 Å². The monoisotopic (exact) mass is 361 g/mol. The summed E-state index contributed by atoms with van der Waals surface area (Å²) < 4.78 is 5.25. The molecular formula is C15H24ClN3O3S. The van der Waals surface area contributed by atoms with Crippen LogP contribution in [0.1, 0.15) is 37.2 Å². The molecule has 6 nitrogen and oxygen atoms in total. The van der Waals surface area contributed by atoms with Gasteiger partial charge in [0.15, 0.2) is 5.96 Å². The lowest BCUT2D eigenvalue weighted by molar-refractivity contribution is -0.140. The maximum atomic E-state index is 11.0. The van der Waals surface area contributed by atoms with Gasteiger partial charge in [-0.1, -0.05) is 11.6 Å². The van der Waals surface area contributed by atoms with Gasteiger partial charge in [-0.25, -0.2) is 0 Å². The molecule has 1 unspecified atom stereocenters. The molecule has 3 N–H and O–H groups in total. The molecule has 1 rings (SSSR count). The van der Waals surface area contributed by atoms with Crippen LogP contribution in [-0.4, -0.2) is 43.8 Å². The molecular weight excluding hydrogens is 338 g/mol. The standard InChI is InChI=1S/C15H24ClN3O3S/c1-3-17-15(18-9-5-4-6-14(21)22-2)19-10-11(20)12-7-8-13(16)23-12/h7-8,11,20H,3-6,9-10H2,1-2H3,(H2,17,18,19). The van der Waals surface area contributed by atoms with E-state index in [2.05, 4.69) is 20.4 Å². The van der Waals surface area contributed by atoms with Gasteiger partial charge in [0.05, 0.1) is 18.0 Å². The molecule has 0 fully saturated rings. The van der Waals surface area contributed by atoms with E-state index in [-0.39, 0.29) is 12.5 Å². The normalized spacial score (nSPS) is 12.8. The maximum Gasteiger partial charge on any atom is 0.305 e. The van der Waals surface area contributed by atoms with E-state index in [4.69, 9.17) is 11.6 Å². The SMILES string of the molecule is CCNC(=NCC(O)c1ccc(Cl)s1)NCCCCC(=O)OC. The minimum Gasteiger partial charge on any atom is -0.469 e. The summed E-state index contributed by atoms with van der Waals surface area (Å²) >= 11 is 7.21. The lowest BCUT2D eigenvalue weighted by Gasteiger charge is -2.12. The first kappa shape index (κ1) is 19.7. The Hall–Kier alpha value is -1.31. The highest BCUT2D eigenvalue weighted by molar-refractivity contribution is 7.16. The topological polar surface area (TPSA) is 83.0 Å². The zero-order chi connectivity index (χ0) is 17.1. The molecule has 8 heteroatoms. The number of rotatable bonds is 9. The Morgan fingerprint density at radius 3 is 2.83 bits per heavy atom. The molecule has 0 saturated carbocycles. The number of esters is 1. The molecule has 0 aliphatic carbocycles. The molecule has 1 atom stereocenters. The van der Waals surface area contributed by atoms with Gasteiger partial charge in [0.25, 0.3) is 0 Å². The highest BCUT2D eigenvalue weighted by Crippen LogP contribution is 2.26. The molecule has 1 aromatic heterocycles. The van der Waals surface area contributed by atoms with Crippen LogP contribution in [0.4, 0.5) is 0 Å². The molecule has 0 saturated heterocycles. The highest BCUT2D eigenvalue weighted by atomic mass is 35.5. The molecule has 0 radical (unpaired) electrons. The molecule has 0 aliphatic heterocycles. The number of aliphatic hydroxyl groups is 1. The van der Waals surface area contributed by atoms with Gasteiger partial charge in [-0.2, -0.15) is 0 Å². The van der Waals surface area contributed by atoms with Gasteiger partial charge in [0.1, 0.15) is 6.10 Å². The van der Waals surface area contributed by atoms with Crippen LogP contribution in [0.2, 0.25) is 4.34 Å². The highest BCUT2D eigenvalue weighted by Gasteiger charge is 2.10. The summed E-state index contributed by atoms with van der Waals surface area (Å²) in [6.07, 6.45) is 1.35. The molecule has 0 spiro atoms. The number of thiophene rings is 1. The van der Waals surface area contributed by atoms with Crippen molar-refractivity contribution in [3.05, 3.63) is 21.3 Å². The van der Waals surface area contributed by atoms with Crippen LogP contribution < -0.4 is 10.6 Å². The molecule has 1 aromatic rings. The third-order valence-electron chi connectivity index (χ3n) is 3.02. The van der Waals surface area contributed by atoms with Gasteiger partial charge in [-0.15, -0.1) is 11.3 Å². The second kappa shape index (κ2) is 11.3. The minimum atomic E-state index is -0.665. The number of carbonyl (C=O) groups excluding carboxylic acids is 1. The summed E-state index contributed by atoms with van der Waals surface area (Å²) in [6.45, 7) is 3.66. The maximum absolute atomic E-state index is 11.0. The van der Waals surface area contributed by atoms with Crippen molar-refractivity contribution in [1.82, 2.24) is 10.6 Å².